The third-order valence-electron chi connectivity index (χ3n) is 6.26. The van der Waals surface area contributed by atoms with Crippen LogP contribution in [0.2, 0.25) is 0 Å². The number of thioether (sulfide) groups is 1. The first kappa shape index (κ1) is 22.6. The van der Waals surface area contributed by atoms with Gasteiger partial charge in [0.25, 0.3) is 0 Å². The molecule has 1 unspecified atom stereocenters. The lowest BCUT2D eigenvalue weighted by Crippen LogP contribution is -2.49. The fourth-order valence-corrected chi connectivity index (χ4v) is 5.70. The van der Waals surface area contributed by atoms with E-state index in [2.05, 4.69) is 10.3 Å². The highest BCUT2D eigenvalue weighted by Gasteiger charge is 2.32. The third-order valence-corrected chi connectivity index (χ3v) is 7.29. The number of nitrogens with one attached hydrogen (secondary N) is 1. The summed E-state index contributed by atoms with van der Waals surface area (Å²) in [5.74, 6) is 0.542. The molecular weight excluding hydrogens is 448 g/mol. The molecule has 2 aliphatic rings. The molecule has 176 valence electrons. The molecular formula is C25H28N6O2S. The molecule has 1 atom stereocenters. The van der Waals surface area contributed by atoms with Crippen molar-refractivity contribution in [3.63, 3.8) is 0 Å². The van der Waals surface area contributed by atoms with Gasteiger partial charge in [-0.25, -0.2) is 4.68 Å². The second kappa shape index (κ2) is 9.99. The number of para-hydroxylation sites is 1. The van der Waals surface area contributed by atoms with Crippen LogP contribution in [0.25, 0.3) is 5.69 Å². The third kappa shape index (κ3) is 4.45. The lowest BCUT2D eigenvalue weighted by Gasteiger charge is -2.36. The molecule has 2 amide bonds. The molecule has 0 radical (unpaired) electrons. The topological polar surface area (TPSA) is 83.4 Å². The van der Waals surface area contributed by atoms with Crippen molar-refractivity contribution in [1.82, 2.24) is 25.0 Å². The van der Waals surface area contributed by atoms with Gasteiger partial charge in [0.1, 0.15) is 5.03 Å². The minimum atomic E-state index is -0.0616. The Morgan fingerprint density at radius 3 is 2.79 bits per heavy atom. The number of carbonyl (C=O) groups is 2. The molecule has 4 heterocycles. The van der Waals surface area contributed by atoms with Gasteiger partial charge in [0.2, 0.25) is 11.8 Å². The van der Waals surface area contributed by atoms with Crippen molar-refractivity contribution in [3.8, 4) is 5.69 Å². The van der Waals surface area contributed by atoms with Crippen LogP contribution in [0.1, 0.15) is 30.3 Å². The molecule has 8 nitrogen and oxygen atoms in total. The Kier molecular flexibility index (Phi) is 6.64. The molecule has 0 spiro atoms. The summed E-state index contributed by atoms with van der Waals surface area (Å²) in [6, 6.07) is 15.7. The summed E-state index contributed by atoms with van der Waals surface area (Å²) in [6.07, 6.45) is 2.76. The van der Waals surface area contributed by atoms with Gasteiger partial charge < -0.3 is 15.1 Å². The van der Waals surface area contributed by atoms with Gasteiger partial charge in [-0.15, -0.1) is 0 Å². The van der Waals surface area contributed by atoms with Gasteiger partial charge in [-0.05, 0) is 37.6 Å². The van der Waals surface area contributed by atoms with E-state index < -0.39 is 0 Å². The van der Waals surface area contributed by atoms with E-state index in [4.69, 9.17) is 5.10 Å². The number of fused-ring (bicyclic) bond motifs is 1. The quantitative estimate of drug-likeness (QED) is 0.589. The number of pyridine rings is 1. The van der Waals surface area contributed by atoms with Crippen molar-refractivity contribution in [3.05, 3.63) is 66.1 Å². The van der Waals surface area contributed by atoms with Gasteiger partial charge in [-0.2, -0.15) is 5.10 Å². The predicted molar refractivity (Wildman–Crippen MR) is 132 cm³/mol. The second-order valence-corrected chi connectivity index (χ2v) is 9.45. The number of rotatable bonds is 6. The average Bonchev–Trinajstić information content (AvgIpc) is 3.22. The first-order valence-electron chi connectivity index (χ1n) is 11.6. The standard InChI is InChI=1S/C25H28N6O2S/c1-18-24-25(31(28-18)19-8-3-2-4-9-19)34-17-23(33)30(24)14-7-11-22(32)29-15-13-26-16-21(29)20-10-5-6-12-27-20/h2-6,8-10,12,21,26H,7,11,13-17H2,1H3. The zero-order chi connectivity index (χ0) is 23.5. The molecule has 2 aromatic heterocycles. The highest BCUT2D eigenvalue weighted by molar-refractivity contribution is 8.00. The zero-order valence-electron chi connectivity index (χ0n) is 19.2. The summed E-state index contributed by atoms with van der Waals surface area (Å²) in [5.41, 5.74) is 3.57. The fourth-order valence-electron chi connectivity index (χ4n) is 4.62. The van der Waals surface area contributed by atoms with Crippen molar-refractivity contribution in [1.29, 1.82) is 0 Å². The summed E-state index contributed by atoms with van der Waals surface area (Å²) >= 11 is 1.52. The van der Waals surface area contributed by atoms with E-state index in [0.717, 1.165) is 34.3 Å². The minimum Gasteiger partial charge on any atom is -0.332 e. The first-order valence-corrected chi connectivity index (χ1v) is 12.6. The van der Waals surface area contributed by atoms with Crippen molar-refractivity contribution in [2.45, 2.75) is 30.8 Å². The largest absolute Gasteiger partial charge is 0.332 e. The molecule has 0 bridgehead atoms. The molecule has 0 saturated carbocycles. The van der Waals surface area contributed by atoms with E-state index in [9.17, 15) is 9.59 Å². The van der Waals surface area contributed by atoms with Crippen LogP contribution >= 0.6 is 11.8 Å². The van der Waals surface area contributed by atoms with Crippen LogP contribution in [0.15, 0.2) is 59.8 Å². The minimum absolute atomic E-state index is 0.0616. The van der Waals surface area contributed by atoms with E-state index >= 15 is 0 Å². The molecule has 2 aliphatic heterocycles. The van der Waals surface area contributed by atoms with Crippen LogP contribution in [-0.2, 0) is 9.59 Å². The van der Waals surface area contributed by atoms with Crippen LogP contribution in [0.5, 0.6) is 0 Å². The summed E-state index contributed by atoms with van der Waals surface area (Å²) in [7, 11) is 0. The lowest BCUT2D eigenvalue weighted by atomic mass is 10.1. The van der Waals surface area contributed by atoms with Gasteiger partial charge in [0.15, 0.2) is 0 Å². The molecule has 9 heteroatoms. The Bertz CT molecular complexity index is 1170. The number of hydrogen-bond acceptors (Lipinski definition) is 6. The number of hydrogen-bond donors (Lipinski definition) is 1. The normalized spacial score (nSPS) is 18.1. The van der Waals surface area contributed by atoms with E-state index in [-0.39, 0.29) is 17.9 Å². The van der Waals surface area contributed by atoms with Gasteiger partial charge in [-0.3, -0.25) is 14.6 Å². The summed E-state index contributed by atoms with van der Waals surface area (Å²) in [5, 5.41) is 9.07. The molecule has 1 fully saturated rings. The number of benzene rings is 1. The molecule has 1 saturated heterocycles. The zero-order valence-corrected chi connectivity index (χ0v) is 20.0. The maximum absolute atomic E-state index is 13.2. The SMILES string of the molecule is Cc1nn(-c2ccccc2)c2c1N(CCCC(=O)N1CCNCC1c1ccccn1)C(=O)CS2. The number of amides is 2. The molecule has 1 N–H and O–H groups in total. The predicted octanol–water partition coefficient (Wildman–Crippen LogP) is 2.97. The van der Waals surface area contributed by atoms with Gasteiger partial charge in [0, 0.05) is 38.8 Å². The molecule has 5 rings (SSSR count). The van der Waals surface area contributed by atoms with E-state index in [1.807, 2.05) is 69.9 Å². The molecule has 1 aromatic carbocycles. The van der Waals surface area contributed by atoms with Crippen molar-refractivity contribution >= 4 is 29.3 Å². The van der Waals surface area contributed by atoms with Crippen LogP contribution in [0, 0.1) is 6.92 Å². The van der Waals surface area contributed by atoms with Crippen molar-refractivity contribution < 1.29 is 9.59 Å². The monoisotopic (exact) mass is 476 g/mol. The smallest absolute Gasteiger partial charge is 0.237 e. The number of aryl methyl sites for hydroxylation is 1. The lowest BCUT2D eigenvalue weighted by molar-refractivity contribution is -0.134. The van der Waals surface area contributed by atoms with Gasteiger partial charge in [0.05, 0.1) is 34.6 Å². The van der Waals surface area contributed by atoms with Crippen LogP contribution in [-0.4, -0.2) is 63.4 Å². The van der Waals surface area contributed by atoms with E-state index in [0.29, 0.717) is 38.2 Å². The fraction of sp³-hybridized carbons (Fsp3) is 0.360. The van der Waals surface area contributed by atoms with Crippen molar-refractivity contribution in [2.75, 3.05) is 36.8 Å². The van der Waals surface area contributed by atoms with Crippen LogP contribution in [0.4, 0.5) is 5.69 Å². The van der Waals surface area contributed by atoms with Crippen LogP contribution < -0.4 is 10.2 Å². The van der Waals surface area contributed by atoms with E-state index in [1.54, 1.807) is 6.20 Å². The Balaban J connectivity index is 1.28. The number of anilines is 1. The Hall–Kier alpha value is -3.17. The number of aromatic nitrogens is 3. The Morgan fingerprint density at radius 1 is 1.18 bits per heavy atom. The highest BCUT2D eigenvalue weighted by Crippen LogP contribution is 2.39. The summed E-state index contributed by atoms with van der Waals surface area (Å²) < 4.78 is 1.91. The highest BCUT2D eigenvalue weighted by atomic mass is 32.2. The maximum Gasteiger partial charge on any atom is 0.237 e. The maximum atomic E-state index is 13.2. The van der Waals surface area contributed by atoms with Gasteiger partial charge >= 0.3 is 0 Å². The first-order chi connectivity index (χ1) is 16.6. The van der Waals surface area contributed by atoms with Gasteiger partial charge in [-0.1, -0.05) is 36.0 Å². The number of carbonyl (C=O) groups excluding carboxylic acids is 2. The molecule has 3 aromatic rings. The number of piperazine rings is 1. The summed E-state index contributed by atoms with van der Waals surface area (Å²) in [4.78, 5) is 34.2. The van der Waals surface area contributed by atoms with Crippen molar-refractivity contribution in [2.24, 2.45) is 0 Å². The Morgan fingerprint density at radius 2 is 2.00 bits per heavy atom. The van der Waals surface area contributed by atoms with E-state index in [1.165, 1.54) is 11.8 Å². The van der Waals surface area contributed by atoms with Crippen LogP contribution in [0.3, 0.4) is 0 Å². The molecule has 0 aliphatic carbocycles. The second-order valence-electron chi connectivity index (χ2n) is 8.49. The average molecular weight is 477 g/mol. The summed E-state index contributed by atoms with van der Waals surface area (Å²) in [6.45, 7) is 4.57. The number of nitrogens with zero attached hydrogens (tertiary/aromatic N) is 5. The molecule has 34 heavy (non-hydrogen) atoms. The Labute approximate surface area is 203 Å².